The molecule has 7 nitrogen and oxygen atoms in total. The van der Waals surface area contributed by atoms with Crippen LogP contribution in [0.5, 0.6) is 5.88 Å². The lowest BCUT2D eigenvalue weighted by molar-refractivity contribution is -0.712. The molecule has 3 aliphatic heterocycles. The Kier molecular flexibility index (Phi) is 4.34. The summed E-state index contributed by atoms with van der Waals surface area (Å²) >= 11 is 0. The van der Waals surface area contributed by atoms with Crippen LogP contribution in [-0.2, 0) is 0 Å². The van der Waals surface area contributed by atoms with E-state index in [9.17, 15) is 15.2 Å². The SMILES string of the molecule is C=C[C@@H]1CN2CC[C@H]1C[C@H]2[C@H](O)c1cc(O[N+](=O)[O-])nc2ccccc12. The molecule has 2 aromatic rings. The Labute approximate surface area is 151 Å². The van der Waals surface area contributed by atoms with Crippen LogP contribution in [0.25, 0.3) is 10.9 Å². The molecule has 1 aromatic heterocycles. The Hall–Kier alpha value is -2.51. The van der Waals surface area contributed by atoms with E-state index in [2.05, 4.69) is 21.3 Å². The minimum absolute atomic E-state index is 0.0146. The maximum atomic E-state index is 11.2. The number of benzene rings is 1. The second-order valence-electron chi connectivity index (χ2n) is 7.07. The van der Waals surface area contributed by atoms with Gasteiger partial charge in [-0.2, -0.15) is 0 Å². The highest BCUT2D eigenvalue weighted by Gasteiger charge is 2.42. The number of nitrogens with zero attached hydrogens (tertiary/aromatic N) is 3. The van der Waals surface area contributed by atoms with Crippen LogP contribution in [0.2, 0.25) is 0 Å². The molecule has 0 amide bonds. The van der Waals surface area contributed by atoms with Crippen molar-refractivity contribution < 1.29 is 15.0 Å². The second-order valence-corrected chi connectivity index (χ2v) is 7.07. The van der Waals surface area contributed by atoms with E-state index in [-0.39, 0.29) is 11.9 Å². The molecule has 136 valence electrons. The van der Waals surface area contributed by atoms with Crippen molar-refractivity contribution in [2.24, 2.45) is 11.8 Å². The highest BCUT2D eigenvalue weighted by atomic mass is 17.0. The zero-order valence-electron chi connectivity index (χ0n) is 14.3. The zero-order valence-corrected chi connectivity index (χ0v) is 14.3. The summed E-state index contributed by atoms with van der Waals surface area (Å²) in [4.78, 5) is 21.8. The van der Waals surface area contributed by atoms with Crippen LogP contribution < -0.4 is 4.84 Å². The third kappa shape index (κ3) is 2.93. The van der Waals surface area contributed by atoms with Crippen molar-refractivity contribution in [2.75, 3.05) is 13.1 Å². The largest absolute Gasteiger partial charge is 0.387 e. The topological polar surface area (TPSA) is 88.7 Å². The number of piperidine rings is 3. The van der Waals surface area contributed by atoms with Crippen molar-refractivity contribution in [1.29, 1.82) is 0 Å². The Morgan fingerprint density at radius 3 is 2.96 bits per heavy atom. The van der Waals surface area contributed by atoms with Gasteiger partial charge >= 0.3 is 5.09 Å². The van der Waals surface area contributed by atoms with Gasteiger partial charge in [0.05, 0.1) is 11.6 Å². The smallest absolute Gasteiger partial charge is 0.301 e. The summed E-state index contributed by atoms with van der Waals surface area (Å²) in [6.45, 7) is 5.79. The molecule has 7 heteroatoms. The second kappa shape index (κ2) is 6.66. The highest BCUT2D eigenvalue weighted by molar-refractivity contribution is 5.83. The van der Waals surface area contributed by atoms with Crippen molar-refractivity contribution in [1.82, 2.24) is 9.88 Å². The molecule has 3 saturated heterocycles. The molecule has 5 atom stereocenters. The lowest BCUT2D eigenvalue weighted by Gasteiger charge is -2.50. The number of hydrogen-bond donors (Lipinski definition) is 1. The molecule has 0 aliphatic carbocycles. The molecular weight excluding hydrogens is 334 g/mol. The molecule has 1 aromatic carbocycles. The molecule has 3 aliphatic rings. The van der Waals surface area contributed by atoms with Gasteiger partial charge < -0.3 is 5.11 Å². The first-order chi connectivity index (χ1) is 12.6. The van der Waals surface area contributed by atoms with E-state index < -0.39 is 11.2 Å². The monoisotopic (exact) mass is 355 g/mol. The molecule has 3 fully saturated rings. The number of aliphatic hydroxyl groups is 1. The number of aromatic nitrogens is 1. The van der Waals surface area contributed by atoms with E-state index in [4.69, 9.17) is 0 Å². The van der Waals surface area contributed by atoms with Gasteiger partial charge in [0.2, 0.25) is 5.88 Å². The number of aliphatic hydroxyl groups excluding tert-OH is 1. The van der Waals surface area contributed by atoms with Gasteiger partial charge in [-0.15, -0.1) is 16.7 Å². The van der Waals surface area contributed by atoms with E-state index >= 15 is 0 Å². The molecule has 5 rings (SSSR count). The number of pyridine rings is 1. The van der Waals surface area contributed by atoms with Crippen LogP contribution in [0.15, 0.2) is 43.0 Å². The predicted molar refractivity (Wildman–Crippen MR) is 96.1 cm³/mol. The van der Waals surface area contributed by atoms with Gasteiger partial charge in [0.15, 0.2) is 0 Å². The fraction of sp³-hybridized carbons (Fsp3) is 0.421. The minimum Gasteiger partial charge on any atom is -0.387 e. The standard InChI is InChI=1S/C19H21N3O4/c1-2-12-11-21-8-7-13(12)9-17(21)19(23)15-10-18(26-22(24)25)20-16-6-4-3-5-14(15)16/h2-6,10,12-13,17,19,23H,1,7-9,11H2/t12-,13+,17+,19-/m1/s1. The molecule has 1 unspecified atom stereocenters. The van der Waals surface area contributed by atoms with Crippen molar-refractivity contribution in [3.63, 3.8) is 0 Å². The minimum atomic E-state index is -0.881. The van der Waals surface area contributed by atoms with Crippen molar-refractivity contribution in [2.45, 2.75) is 25.0 Å². The first-order valence-electron chi connectivity index (χ1n) is 8.83. The van der Waals surface area contributed by atoms with Crippen molar-refractivity contribution in [3.05, 3.63) is 58.7 Å². The third-order valence-electron chi connectivity index (χ3n) is 5.73. The molecule has 2 bridgehead atoms. The molecule has 0 radical (unpaired) electrons. The van der Waals surface area contributed by atoms with Gasteiger partial charge in [-0.25, -0.2) is 4.98 Å². The maximum Gasteiger partial charge on any atom is 0.301 e. The lowest BCUT2D eigenvalue weighted by Crippen LogP contribution is -2.54. The van der Waals surface area contributed by atoms with Crippen LogP contribution in [-0.4, -0.2) is 39.2 Å². The zero-order chi connectivity index (χ0) is 18.3. The van der Waals surface area contributed by atoms with Gasteiger partial charge in [0.25, 0.3) is 0 Å². The number of rotatable bonds is 5. The number of hydrogen-bond acceptors (Lipinski definition) is 6. The Balaban J connectivity index is 1.71. The van der Waals surface area contributed by atoms with E-state index in [1.54, 1.807) is 6.07 Å². The van der Waals surface area contributed by atoms with Crippen LogP contribution in [0.4, 0.5) is 0 Å². The van der Waals surface area contributed by atoms with Crippen LogP contribution in [0.3, 0.4) is 0 Å². The van der Waals surface area contributed by atoms with Gasteiger partial charge in [0, 0.05) is 18.0 Å². The fourth-order valence-corrected chi connectivity index (χ4v) is 4.46. The molecule has 1 N–H and O–H groups in total. The quantitative estimate of drug-likeness (QED) is 0.504. The maximum absolute atomic E-state index is 11.2. The average molecular weight is 355 g/mol. The van der Waals surface area contributed by atoms with E-state index in [1.165, 1.54) is 6.07 Å². The summed E-state index contributed by atoms with van der Waals surface area (Å²) < 4.78 is 0. The van der Waals surface area contributed by atoms with Crippen LogP contribution >= 0.6 is 0 Å². The normalized spacial score (nSPS) is 28.7. The summed E-state index contributed by atoms with van der Waals surface area (Å²) in [6.07, 6.45) is 3.27. The fourth-order valence-electron chi connectivity index (χ4n) is 4.46. The molecule has 4 heterocycles. The summed E-state index contributed by atoms with van der Waals surface area (Å²) in [5.41, 5.74) is 1.20. The molecule has 0 saturated carbocycles. The first kappa shape index (κ1) is 16.9. The highest BCUT2D eigenvalue weighted by Crippen LogP contribution is 2.42. The molecule has 0 spiro atoms. The Morgan fingerprint density at radius 2 is 2.27 bits per heavy atom. The summed E-state index contributed by atoms with van der Waals surface area (Å²) in [5, 5.41) is 21.8. The van der Waals surface area contributed by atoms with E-state index in [1.807, 2.05) is 24.3 Å². The van der Waals surface area contributed by atoms with Crippen molar-refractivity contribution >= 4 is 10.9 Å². The Morgan fingerprint density at radius 1 is 1.46 bits per heavy atom. The van der Waals surface area contributed by atoms with Crippen molar-refractivity contribution in [3.8, 4) is 5.88 Å². The molecular formula is C19H21N3O4. The van der Waals surface area contributed by atoms with Gasteiger partial charge in [-0.3, -0.25) is 9.74 Å². The summed E-state index contributed by atoms with van der Waals surface area (Å²) in [5.74, 6) is 0.886. The predicted octanol–water partition coefficient (Wildman–Crippen LogP) is 2.74. The number of fused-ring (bicyclic) bond motifs is 4. The molecule has 26 heavy (non-hydrogen) atoms. The summed E-state index contributed by atoms with van der Waals surface area (Å²) in [7, 11) is 0. The van der Waals surface area contributed by atoms with Crippen LogP contribution in [0, 0.1) is 22.0 Å². The Bertz CT molecular complexity index is 856. The summed E-state index contributed by atoms with van der Waals surface area (Å²) in [6, 6.07) is 8.79. The average Bonchev–Trinajstić information content (AvgIpc) is 2.66. The van der Waals surface area contributed by atoms with Gasteiger partial charge in [-0.05, 0) is 48.9 Å². The third-order valence-corrected chi connectivity index (χ3v) is 5.73. The van der Waals surface area contributed by atoms with E-state index in [0.717, 1.165) is 31.3 Å². The van der Waals surface area contributed by atoms with Crippen LogP contribution in [0.1, 0.15) is 24.5 Å². The number of para-hydroxylation sites is 1. The first-order valence-corrected chi connectivity index (χ1v) is 8.83. The lowest BCUT2D eigenvalue weighted by atomic mass is 9.73. The van der Waals surface area contributed by atoms with E-state index in [0.29, 0.717) is 22.9 Å². The van der Waals surface area contributed by atoms with Gasteiger partial charge in [-0.1, -0.05) is 24.3 Å². The van der Waals surface area contributed by atoms with Gasteiger partial charge in [0.1, 0.15) is 0 Å².